The lowest BCUT2D eigenvalue weighted by Gasteiger charge is -2.35. The Kier molecular flexibility index (Phi) is 5.44. The quantitative estimate of drug-likeness (QED) is 0.631. The second-order valence-electron chi connectivity index (χ2n) is 6.42. The minimum absolute atomic E-state index is 0.0177. The van der Waals surface area contributed by atoms with E-state index in [1.807, 2.05) is 0 Å². The van der Waals surface area contributed by atoms with Crippen molar-refractivity contribution in [3.63, 3.8) is 0 Å². The first-order chi connectivity index (χ1) is 11.7. The Morgan fingerprint density at radius 2 is 2.25 bits per heavy atom. The van der Waals surface area contributed by atoms with Gasteiger partial charge in [0.05, 0.1) is 11.0 Å². The molecule has 8 nitrogen and oxygen atoms in total. The molecule has 2 unspecified atom stereocenters. The maximum atomic E-state index is 11.7. The van der Waals surface area contributed by atoms with Gasteiger partial charge in [0.15, 0.2) is 0 Å². The predicted octanol–water partition coefficient (Wildman–Crippen LogP) is 2.74. The number of anilines is 2. The van der Waals surface area contributed by atoms with E-state index in [1.54, 1.807) is 0 Å². The van der Waals surface area contributed by atoms with Crippen LogP contribution in [0.15, 0.2) is 6.33 Å². The fourth-order valence-corrected chi connectivity index (χ4v) is 3.60. The van der Waals surface area contributed by atoms with E-state index in [4.69, 9.17) is 4.74 Å². The highest BCUT2D eigenvalue weighted by molar-refractivity contribution is 5.70. The van der Waals surface area contributed by atoms with Gasteiger partial charge in [0, 0.05) is 25.7 Å². The van der Waals surface area contributed by atoms with Crippen molar-refractivity contribution in [2.24, 2.45) is 0 Å². The van der Waals surface area contributed by atoms with Crippen LogP contribution >= 0.6 is 0 Å². The summed E-state index contributed by atoms with van der Waals surface area (Å²) in [5, 5.41) is 14.8. The Balaban J connectivity index is 1.85. The Hall–Kier alpha value is -1.96. The van der Waals surface area contributed by atoms with Crippen molar-refractivity contribution in [1.29, 1.82) is 0 Å². The van der Waals surface area contributed by atoms with Crippen LogP contribution in [0.4, 0.5) is 17.3 Å². The molecule has 8 heteroatoms. The van der Waals surface area contributed by atoms with Gasteiger partial charge in [-0.1, -0.05) is 6.92 Å². The molecule has 1 aromatic rings. The highest BCUT2D eigenvalue weighted by Crippen LogP contribution is 2.35. The summed E-state index contributed by atoms with van der Waals surface area (Å²) in [6.45, 7) is 4.22. The normalized spacial score (nSPS) is 24.1. The summed E-state index contributed by atoms with van der Waals surface area (Å²) < 4.78 is 5.57. The molecule has 0 amide bonds. The highest BCUT2D eigenvalue weighted by atomic mass is 16.6. The van der Waals surface area contributed by atoms with Gasteiger partial charge in [-0.25, -0.2) is 9.97 Å². The molecule has 2 aliphatic rings. The Morgan fingerprint density at radius 3 is 2.96 bits per heavy atom. The number of ether oxygens (including phenoxy) is 1. The van der Waals surface area contributed by atoms with Crippen LogP contribution in [0.2, 0.25) is 0 Å². The van der Waals surface area contributed by atoms with Crippen molar-refractivity contribution in [2.75, 3.05) is 29.9 Å². The third-order valence-corrected chi connectivity index (χ3v) is 4.88. The van der Waals surface area contributed by atoms with Crippen LogP contribution in [0.5, 0.6) is 0 Å². The molecule has 3 heterocycles. The maximum Gasteiger partial charge on any atom is 0.353 e. The van der Waals surface area contributed by atoms with Crippen molar-refractivity contribution in [2.45, 2.75) is 57.6 Å². The van der Waals surface area contributed by atoms with Crippen molar-refractivity contribution in [3.05, 3.63) is 16.4 Å². The Labute approximate surface area is 141 Å². The maximum absolute atomic E-state index is 11.7. The van der Waals surface area contributed by atoms with Crippen LogP contribution in [0.1, 0.15) is 45.4 Å². The van der Waals surface area contributed by atoms with Gasteiger partial charge in [-0.15, -0.1) is 0 Å². The molecule has 2 fully saturated rings. The summed E-state index contributed by atoms with van der Waals surface area (Å²) in [5.41, 5.74) is -0.0177. The van der Waals surface area contributed by atoms with E-state index in [1.165, 1.54) is 6.33 Å². The molecule has 0 bridgehead atoms. The monoisotopic (exact) mass is 335 g/mol. The molecule has 3 rings (SSSR count). The third-order valence-electron chi connectivity index (χ3n) is 4.88. The van der Waals surface area contributed by atoms with Gasteiger partial charge in [0.25, 0.3) is 0 Å². The Bertz CT molecular complexity index is 577. The van der Waals surface area contributed by atoms with Gasteiger partial charge >= 0.3 is 5.69 Å². The fraction of sp³-hybridized carbons (Fsp3) is 0.750. The van der Waals surface area contributed by atoms with Crippen molar-refractivity contribution in [3.8, 4) is 0 Å². The summed E-state index contributed by atoms with van der Waals surface area (Å²) >= 11 is 0. The van der Waals surface area contributed by atoms with Crippen molar-refractivity contribution < 1.29 is 9.66 Å². The molecular weight excluding hydrogens is 310 g/mol. The number of piperidine rings is 1. The average molecular weight is 335 g/mol. The molecule has 132 valence electrons. The number of nitrogens with zero attached hydrogens (tertiary/aromatic N) is 4. The van der Waals surface area contributed by atoms with Crippen molar-refractivity contribution >= 4 is 17.3 Å². The summed E-state index contributed by atoms with van der Waals surface area (Å²) in [7, 11) is 0. The van der Waals surface area contributed by atoms with E-state index in [0.29, 0.717) is 24.2 Å². The van der Waals surface area contributed by atoms with Gasteiger partial charge in [-0.05, 0) is 38.5 Å². The zero-order chi connectivity index (χ0) is 16.9. The molecule has 1 N–H and O–H groups in total. The van der Waals surface area contributed by atoms with E-state index in [9.17, 15) is 10.1 Å². The number of hydrogen-bond acceptors (Lipinski definition) is 7. The van der Waals surface area contributed by atoms with Gasteiger partial charge in [0.1, 0.15) is 6.33 Å². The molecule has 2 atom stereocenters. The number of rotatable bonds is 6. The lowest BCUT2D eigenvalue weighted by Crippen LogP contribution is -2.40. The number of nitro groups is 1. The number of nitrogens with one attached hydrogen (secondary N) is 1. The zero-order valence-electron chi connectivity index (χ0n) is 14.1. The van der Waals surface area contributed by atoms with E-state index < -0.39 is 0 Å². The topological polar surface area (TPSA) is 93.4 Å². The predicted molar refractivity (Wildman–Crippen MR) is 91.4 cm³/mol. The third kappa shape index (κ3) is 3.58. The first kappa shape index (κ1) is 16.9. The van der Waals surface area contributed by atoms with E-state index in [2.05, 4.69) is 27.1 Å². The molecular formula is C16H25N5O3. The van der Waals surface area contributed by atoms with E-state index >= 15 is 0 Å². The Morgan fingerprint density at radius 1 is 1.38 bits per heavy atom. The summed E-state index contributed by atoms with van der Waals surface area (Å²) in [5.74, 6) is 0.734. The van der Waals surface area contributed by atoms with Gasteiger partial charge < -0.3 is 15.0 Å². The van der Waals surface area contributed by atoms with Crippen molar-refractivity contribution in [1.82, 2.24) is 9.97 Å². The van der Waals surface area contributed by atoms with E-state index in [0.717, 1.165) is 51.7 Å². The minimum atomic E-state index is -0.367. The molecule has 0 spiro atoms. The molecule has 0 saturated carbocycles. The average Bonchev–Trinajstić information content (AvgIpc) is 3.13. The second-order valence-corrected chi connectivity index (χ2v) is 6.42. The van der Waals surface area contributed by atoms with Crippen LogP contribution in [0.3, 0.4) is 0 Å². The number of aromatic nitrogens is 2. The SMILES string of the molecule is CCC1CCCCN1c1ncnc(NCC2CCCO2)c1[N+](=O)[O-]. The molecule has 2 aliphatic heterocycles. The highest BCUT2D eigenvalue weighted by Gasteiger charge is 2.32. The van der Waals surface area contributed by atoms with Crippen LogP contribution in [-0.4, -0.2) is 46.7 Å². The van der Waals surface area contributed by atoms with Crippen LogP contribution in [0, 0.1) is 10.1 Å². The minimum Gasteiger partial charge on any atom is -0.376 e. The lowest BCUT2D eigenvalue weighted by atomic mass is 10.00. The first-order valence-corrected chi connectivity index (χ1v) is 8.82. The lowest BCUT2D eigenvalue weighted by molar-refractivity contribution is -0.383. The number of hydrogen-bond donors (Lipinski definition) is 1. The summed E-state index contributed by atoms with van der Waals surface area (Å²) in [4.78, 5) is 21.8. The summed E-state index contributed by atoms with van der Waals surface area (Å²) in [6.07, 6.45) is 7.74. The zero-order valence-corrected chi connectivity index (χ0v) is 14.1. The largest absolute Gasteiger partial charge is 0.376 e. The summed E-state index contributed by atoms with van der Waals surface area (Å²) in [6, 6.07) is 0.304. The van der Waals surface area contributed by atoms with Gasteiger partial charge in [0.2, 0.25) is 11.6 Å². The molecule has 0 aromatic carbocycles. The van der Waals surface area contributed by atoms with Crippen LogP contribution < -0.4 is 10.2 Å². The molecule has 2 saturated heterocycles. The van der Waals surface area contributed by atoms with Gasteiger partial charge in [-0.2, -0.15) is 0 Å². The fourth-order valence-electron chi connectivity index (χ4n) is 3.60. The molecule has 24 heavy (non-hydrogen) atoms. The smallest absolute Gasteiger partial charge is 0.353 e. The second kappa shape index (κ2) is 7.74. The molecule has 0 aliphatic carbocycles. The van der Waals surface area contributed by atoms with Crippen LogP contribution in [-0.2, 0) is 4.74 Å². The molecule has 1 aromatic heterocycles. The standard InChI is InChI=1S/C16H25N5O3/c1-2-12-6-3-4-8-20(12)16-14(21(22)23)15(18-11-19-16)17-10-13-7-5-9-24-13/h11-13H,2-10H2,1H3,(H,17,18,19). The molecule has 0 radical (unpaired) electrons. The van der Waals surface area contributed by atoms with E-state index in [-0.39, 0.29) is 16.7 Å². The van der Waals surface area contributed by atoms with Crippen LogP contribution in [0.25, 0.3) is 0 Å². The first-order valence-electron chi connectivity index (χ1n) is 8.82. The van der Waals surface area contributed by atoms with Gasteiger partial charge in [-0.3, -0.25) is 10.1 Å².